The van der Waals surface area contributed by atoms with E-state index in [1.807, 2.05) is 30.0 Å². The summed E-state index contributed by atoms with van der Waals surface area (Å²) in [6.07, 6.45) is 1.46. The third-order valence-corrected chi connectivity index (χ3v) is 4.50. The lowest BCUT2D eigenvalue weighted by Gasteiger charge is -2.29. The van der Waals surface area contributed by atoms with Crippen molar-refractivity contribution in [1.82, 2.24) is 4.90 Å². The Hall–Kier alpha value is -1.39. The average molecular weight is 274 g/mol. The molecule has 4 heteroatoms. The number of nitrogens with two attached hydrogens (primary N) is 1. The maximum atomic E-state index is 12.7. The number of hydrogen-bond donors (Lipinski definition) is 1. The van der Waals surface area contributed by atoms with Crippen LogP contribution in [-0.2, 0) is 16.0 Å². The molecule has 0 radical (unpaired) electrons. The maximum absolute atomic E-state index is 12.7. The van der Waals surface area contributed by atoms with Gasteiger partial charge in [-0.3, -0.25) is 4.79 Å². The molecule has 3 atom stereocenters. The van der Waals surface area contributed by atoms with Crippen molar-refractivity contribution in [3.8, 4) is 0 Å². The molecule has 0 aromatic heterocycles. The lowest BCUT2D eigenvalue weighted by Crippen LogP contribution is -2.38. The second-order valence-electron chi connectivity index (χ2n) is 5.89. The minimum Gasteiger partial charge on any atom is -0.363 e. The van der Waals surface area contributed by atoms with Gasteiger partial charge in [0.15, 0.2) is 6.10 Å². The predicted molar refractivity (Wildman–Crippen MR) is 77.2 cm³/mol. The zero-order valence-corrected chi connectivity index (χ0v) is 11.9. The molecule has 1 aromatic rings. The maximum Gasteiger partial charge on any atom is 0.256 e. The van der Waals surface area contributed by atoms with Crippen LogP contribution in [0.2, 0.25) is 0 Å². The van der Waals surface area contributed by atoms with Crippen molar-refractivity contribution >= 4 is 5.91 Å². The number of rotatable bonds is 2. The molecule has 0 aliphatic carbocycles. The number of benzene rings is 1. The van der Waals surface area contributed by atoms with Crippen LogP contribution in [0, 0.1) is 5.92 Å². The number of likely N-dealkylation sites (tertiary alicyclic amines) is 1. The number of ether oxygens (including phenoxy) is 1. The van der Waals surface area contributed by atoms with Crippen LogP contribution >= 0.6 is 0 Å². The van der Waals surface area contributed by atoms with Crippen molar-refractivity contribution in [2.75, 3.05) is 19.7 Å². The molecule has 1 fully saturated rings. The standard InChI is InChI=1S/C16H22N2O2/c1-11(17)13-6-8-18(10-13)16(19)15-14-5-3-2-4-12(14)7-9-20-15/h2-5,11,13,15H,6-10,17H2,1H3. The van der Waals surface area contributed by atoms with E-state index in [1.54, 1.807) is 0 Å². The molecular weight excluding hydrogens is 252 g/mol. The van der Waals surface area contributed by atoms with Crippen molar-refractivity contribution in [3.05, 3.63) is 35.4 Å². The first-order valence-electron chi connectivity index (χ1n) is 7.40. The van der Waals surface area contributed by atoms with E-state index in [9.17, 15) is 4.79 Å². The molecule has 108 valence electrons. The van der Waals surface area contributed by atoms with E-state index in [0.717, 1.165) is 31.5 Å². The third kappa shape index (κ3) is 2.45. The lowest BCUT2D eigenvalue weighted by atomic mass is 9.97. The summed E-state index contributed by atoms with van der Waals surface area (Å²) in [5, 5.41) is 0. The van der Waals surface area contributed by atoms with Gasteiger partial charge in [-0.25, -0.2) is 0 Å². The molecule has 0 bridgehead atoms. The fourth-order valence-electron chi connectivity index (χ4n) is 3.18. The van der Waals surface area contributed by atoms with Crippen LogP contribution in [-0.4, -0.2) is 36.5 Å². The van der Waals surface area contributed by atoms with E-state index in [2.05, 4.69) is 6.07 Å². The molecule has 4 nitrogen and oxygen atoms in total. The topological polar surface area (TPSA) is 55.6 Å². The first-order chi connectivity index (χ1) is 9.66. The van der Waals surface area contributed by atoms with Crippen molar-refractivity contribution in [2.45, 2.75) is 31.9 Å². The molecule has 3 unspecified atom stereocenters. The van der Waals surface area contributed by atoms with Gasteiger partial charge in [0.05, 0.1) is 6.61 Å². The fourth-order valence-corrected chi connectivity index (χ4v) is 3.18. The second-order valence-corrected chi connectivity index (χ2v) is 5.89. The van der Waals surface area contributed by atoms with Crippen LogP contribution in [0.3, 0.4) is 0 Å². The Bertz CT molecular complexity index is 501. The Labute approximate surface area is 119 Å². The summed E-state index contributed by atoms with van der Waals surface area (Å²) in [5.74, 6) is 0.512. The summed E-state index contributed by atoms with van der Waals surface area (Å²) in [7, 11) is 0. The number of carbonyl (C=O) groups excluding carboxylic acids is 1. The summed E-state index contributed by atoms with van der Waals surface area (Å²) in [6.45, 7) is 4.20. The molecule has 2 aliphatic heterocycles. The number of hydrogen-bond acceptors (Lipinski definition) is 3. The van der Waals surface area contributed by atoms with Crippen molar-refractivity contribution in [2.24, 2.45) is 11.7 Å². The van der Waals surface area contributed by atoms with Crippen LogP contribution in [0.1, 0.15) is 30.6 Å². The van der Waals surface area contributed by atoms with Crippen molar-refractivity contribution in [3.63, 3.8) is 0 Å². The van der Waals surface area contributed by atoms with Crippen molar-refractivity contribution in [1.29, 1.82) is 0 Å². The van der Waals surface area contributed by atoms with Crippen LogP contribution in [0.4, 0.5) is 0 Å². The summed E-state index contributed by atoms with van der Waals surface area (Å²) in [5.41, 5.74) is 8.22. The molecule has 0 spiro atoms. The summed E-state index contributed by atoms with van der Waals surface area (Å²) in [4.78, 5) is 14.6. The molecule has 2 aliphatic rings. The van der Waals surface area contributed by atoms with Gasteiger partial charge in [0.2, 0.25) is 0 Å². The van der Waals surface area contributed by atoms with Gasteiger partial charge < -0.3 is 15.4 Å². The number of carbonyl (C=O) groups is 1. The monoisotopic (exact) mass is 274 g/mol. The molecule has 1 saturated heterocycles. The second kappa shape index (κ2) is 5.54. The quantitative estimate of drug-likeness (QED) is 0.889. The number of amides is 1. The van der Waals surface area contributed by atoms with Gasteiger partial charge >= 0.3 is 0 Å². The van der Waals surface area contributed by atoms with E-state index >= 15 is 0 Å². The molecule has 0 saturated carbocycles. The predicted octanol–water partition coefficient (Wildman–Crippen LogP) is 1.50. The molecule has 2 heterocycles. The van der Waals surface area contributed by atoms with E-state index in [0.29, 0.717) is 12.5 Å². The summed E-state index contributed by atoms with van der Waals surface area (Å²) >= 11 is 0. The van der Waals surface area contributed by atoms with Gasteiger partial charge in [-0.1, -0.05) is 24.3 Å². The number of fused-ring (bicyclic) bond motifs is 1. The molecule has 20 heavy (non-hydrogen) atoms. The highest BCUT2D eigenvalue weighted by atomic mass is 16.5. The van der Waals surface area contributed by atoms with E-state index in [1.165, 1.54) is 5.56 Å². The largest absolute Gasteiger partial charge is 0.363 e. The third-order valence-electron chi connectivity index (χ3n) is 4.50. The van der Waals surface area contributed by atoms with E-state index in [-0.39, 0.29) is 11.9 Å². The number of nitrogens with zero attached hydrogens (tertiary/aromatic N) is 1. The Morgan fingerprint density at radius 1 is 1.45 bits per heavy atom. The minimum absolute atomic E-state index is 0.0975. The van der Waals surface area contributed by atoms with Gasteiger partial charge in [0.1, 0.15) is 0 Å². The zero-order chi connectivity index (χ0) is 14.1. The van der Waals surface area contributed by atoms with E-state index < -0.39 is 6.10 Å². The van der Waals surface area contributed by atoms with Crippen LogP contribution < -0.4 is 5.73 Å². The van der Waals surface area contributed by atoms with Crippen molar-refractivity contribution < 1.29 is 9.53 Å². The highest BCUT2D eigenvalue weighted by molar-refractivity contribution is 5.83. The average Bonchev–Trinajstić information content (AvgIpc) is 2.96. The highest BCUT2D eigenvalue weighted by Crippen LogP contribution is 2.30. The molecule has 1 amide bonds. The molecule has 1 aromatic carbocycles. The SMILES string of the molecule is CC(N)C1CCN(C(=O)C2OCCc3ccccc32)C1. The van der Waals surface area contributed by atoms with Crippen LogP contribution in [0.15, 0.2) is 24.3 Å². The molecule has 2 N–H and O–H groups in total. The van der Waals surface area contributed by atoms with Gasteiger partial charge in [0.25, 0.3) is 5.91 Å². The van der Waals surface area contributed by atoms with Gasteiger partial charge in [-0.05, 0) is 36.8 Å². The lowest BCUT2D eigenvalue weighted by molar-refractivity contribution is -0.144. The Morgan fingerprint density at radius 2 is 2.25 bits per heavy atom. The molecule has 3 rings (SSSR count). The van der Waals surface area contributed by atoms with Gasteiger partial charge in [-0.2, -0.15) is 0 Å². The van der Waals surface area contributed by atoms with Crippen LogP contribution in [0.25, 0.3) is 0 Å². The summed E-state index contributed by atoms with van der Waals surface area (Å²) < 4.78 is 5.75. The minimum atomic E-state index is -0.424. The van der Waals surface area contributed by atoms with Crippen LogP contribution in [0.5, 0.6) is 0 Å². The summed E-state index contributed by atoms with van der Waals surface area (Å²) in [6, 6.07) is 8.24. The van der Waals surface area contributed by atoms with Gasteiger partial charge in [0, 0.05) is 19.1 Å². The van der Waals surface area contributed by atoms with Gasteiger partial charge in [-0.15, -0.1) is 0 Å². The zero-order valence-electron chi connectivity index (χ0n) is 11.9. The fraction of sp³-hybridized carbons (Fsp3) is 0.562. The Morgan fingerprint density at radius 3 is 3.00 bits per heavy atom. The Kier molecular flexibility index (Phi) is 3.76. The molecular formula is C16H22N2O2. The normalized spacial score (nSPS) is 27.2. The Balaban J connectivity index is 1.76. The highest BCUT2D eigenvalue weighted by Gasteiger charge is 2.35. The first kappa shape index (κ1) is 13.6. The smallest absolute Gasteiger partial charge is 0.256 e. The van der Waals surface area contributed by atoms with E-state index in [4.69, 9.17) is 10.5 Å². The first-order valence-corrected chi connectivity index (χ1v) is 7.40.